The number of sulfone groups is 1. The average Bonchev–Trinajstić information content (AvgIpc) is 2.84. The summed E-state index contributed by atoms with van der Waals surface area (Å²) in [6.45, 7) is 4.06. The number of pyridine rings is 1. The highest BCUT2D eigenvalue weighted by molar-refractivity contribution is 7.91. The van der Waals surface area contributed by atoms with Gasteiger partial charge < -0.3 is 5.32 Å². The Hall–Kier alpha value is -1.95. The van der Waals surface area contributed by atoms with Crippen molar-refractivity contribution in [3.05, 3.63) is 41.6 Å². The molecule has 1 fully saturated rings. The molecule has 0 saturated carbocycles. The van der Waals surface area contributed by atoms with Crippen LogP contribution in [-0.4, -0.2) is 36.9 Å². The number of amides is 1. The van der Waals surface area contributed by atoms with Crippen LogP contribution in [0.1, 0.15) is 42.2 Å². The van der Waals surface area contributed by atoms with Gasteiger partial charge in [-0.2, -0.15) is 0 Å². The van der Waals surface area contributed by atoms with Crippen LogP contribution in [-0.2, 0) is 9.84 Å². The summed E-state index contributed by atoms with van der Waals surface area (Å²) < 4.78 is 23.1. The SMILES string of the molecule is CC(C)c1cc(C(=O)N[C@@H]2CCS(=O)(=O)C2)c2ccccc2n1. The summed E-state index contributed by atoms with van der Waals surface area (Å²) in [6, 6.07) is 9.03. The Labute approximate surface area is 136 Å². The molecular formula is C17H20N2O3S. The number of benzene rings is 1. The number of rotatable bonds is 3. The molecule has 1 atom stereocenters. The third-order valence-electron chi connectivity index (χ3n) is 4.14. The Kier molecular flexibility index (Phi) is 4.10. The second-order valence-electron chi connectivity index (χ2n) is 6.34. The molecule has 2 aromatic rings. The Morgan fingerprint density at radius 1 is 1.30 bits per heavy atom. The van der Waals surface area contributed by atoms with Crippen LogP contribution in [0.15, 0.2) is 30.3 Å². The van der Waals surface area contributed by atoms with E-state index in [9.17, 15) is 13.2 Å². The zero-order chi connectivity index (χ0) is 16.6. The molecule has 122 valence electrons. The Morgan fingerprint density at radius 3 is 2.70 bits per heavy atom. The van der Waals surface area contributed by atoms with Gasteiger partial charge in [0, 0.05) is 17.1 Å². The van der Waals surface area contributed by atoms with Crippen LogP contribution in [0.2, 0.25) is 0 Å². The van der Waals surface area contributed by atoms with E-state index >= 15 is 0 Å². The van der Waals surface area contributed by atoms with Gasteiger partial charge in [0.15, 0.2) is 9.84 Å². The molecule has 3 rings (SSSR count). The third-order valence-corrected chi connectivity index (χ3v) is 5.91. The van der Waals surface area contributed by atoms with E-state index in [0.29, 0.717) is 12.0 Å². The summed E-state index contributed by atoms with van der Waals surface area (Å²) in [5.41, 5.74) is 2.19. The fraction of sp³-hybridized carbons (Fsp3) is 0.412. The van der Waals surface area contributed by atoms with Crippen molar-refractivity contribution in [1.29, 1.82) is 0 Å². The van der Waals surface area contributed by atoms with Crippen molar-refractivity contribution < 1.29 is 13.2 Å². The maximum atomic E-state index is 12.7. The largest absolute Gasteiger partial charge is 0.348 e. The summed E-state index contributed by atoms with van der Waals surface area (Å²) in [7, 11) is -3.01. The minimum absolute atomic E-state index is 0.0266. The number of hydrogen-bond donors (Lipinski definition) is 1. The molecule has 1 amide bonds. The summed E-state index contributed by atoms with van der Waals surface area (Å²) in [4.78, 5) is 17.3. The first-order valence-electron chi connectivity index (χ1n) is 7.77. The molecular weight excluding hydrogens is 312 g/mol. The van der Waals surface area contributed by atoms with Gasteiger partial charge in [-0.25, -0.2) is 8.42 Å². The van der Waals surface area contributed by atoms with Gasteiger partial charge in [0.2, 0.25) is 0 Å². The minimum atomic E-state index is -3.01. The lowest BCUT2D eigenvalue weighted by Crippen LogP contribution is -2.35. The van der Waals surface area contributed by atoms with Gasteiger partial charge in [-0.1, -0.05) is 32.0 Å². The van der Waals surface area contributed by atoms with Gasteiger partial charge in [-0.15, -0.1) is 0 Å². The maximum absolute atomic E-state index is 12.7. The molecule has 1 aromatic carbocycles. The van der Waals surface area contributed by atoms with E-state index in [-0.39, 0.29) is 29.4 Å². The van der Waals surface area contributed by atoms with E-state index in [1.54, 1.807) is 0 Å². The molecule has 0 unspecified atom stereocenters. The summed E-state index contributed by atoms with van der Waals surface area (Å²) >= 11 is 0. The fourth-order valence-corrected chi connectivity index (χ4v) is 4.52. The predicted octanol–water partition coefficient (Wildman–Crippen LogP) is 2.28. The number of carbonyl (C=O) groups excluding carboxylic acids is 1. The highest BCUT2D eigenvalue weighted by Gasteiger charge is 2.29. The maximum Gasteiger partial charge on any atom is 0.252 e. The van der Waals surface area contributed by atoms with E-state index in [4.69, 9.17) is 0 Å². The van der Waals surface area contributed by atoms with Crippen molar-refractivity contribution in [3.63, 3.8) is 0 Å². The average molecular weight is 332 g/mol. The Balaban J connectivity index is 1.96. The molecule has 23 heavy (non-hydrogen) atoms. The summed E-state index contributed by atoms with van der Waals surface area (Å²) in [5, 5.41) is 3.65. The van der Waals surface area contributed by atoms with Gasteiger partial charge >= 0.3 is 0 Å². The molecule has 6 heteroatoms. The number of para-hydroxylation sites is 1. The van der Waals surface area contributed by atoms with Crippen LogP contribution in [0.3, 0.4) is 0 Å². The molecule has 0 radical (unpaired) electrons. The van der Waals surface area contributed by atoms with Crippen molar-refractivity contribution in [1.82, 2.24) is 10.3 Å². The predicted molar refractivity (Wildman–Crippen MR) is 90.4 cm³/mol. The lowest BCUT2D eigenvalue weighted by atomic mass is 10.0. The van der Waals surface area contributed by atoms with Crippen molar-refractivity contribution in [2.24, 2.45) is 0 Å². The van der Waals surface area contributed by atoms with Gasteiger partial charge in [0.25, 0.3) is 5.91 Å². The van der Waals surface area contributed by atoms with Crippen LogP contribution in [0.5, 0.6) is 0 Å². The van der Waals surface area contributed by atoms with Crippen molar-refractivity contribution in [3.8, 4) is 0 Å². The first kappa shape index (κ1) is 15.9. The highest BCUT2D eigenvalue weighted by atomic mass is 32.2. The molecule has 1 aliphatic rings. The summed E-state index contributed by atoms with van der Waals surface area (Å²) in [5.74, 6) is 0.149. The normalized spacial score (nSPS) is 20.0. The van der Waals surface area contributed by atoms with Crippen LogP contribution < -0.4 is 5.32 Å². The first-order chi connectivity index (χ1) is 10.9. The monoisotopic (exact) mass is 332 g/mol. The fourth-order valence-electron chi connectivity index (χ4n) is 2.85. The van der Waals surface area contributed by atoms with Gasteiger partial charge in [-0.05, 0) is 24.5 Å². The quantitative estimate of drug-likeness (QED) is 0.935. The number of hydrogen-bond acceptors (Lipinski definition) is 4. The molecule has 2 heterocycles. The van der Waals surface area contributed by atoms with E-state index < -0.39 is 9.84 Å². The van der Waals surface area contributed by atoms with E-state index in [1.165, 1.54) is 0 Å². The number of carbonyl (C=O) groups is 1. The minimum Gasteiger partial charge on any atom is -0.348 e. The Morgan fingerprint density at radius 2 is 2.04 bits per heavy atom. The standard InChI is InChI=1S/C17H20N2O3S/c1-11(2)16-9-14(13-5-3-4-6-15(13)19-16)17(20)18-12-7-8-23(21,22)10-12/h3-6,9,11-12H,7-8,10H2,1-2H3,(H,18,20)/t12-/m1/s1. The van der Waals surface area contributed by atoms with Gasteiger partial charge in [0.05, 0.1) is 22.6 Å². The molecule has 1 aliphatic heterocycles. The molecule has 0 aliphatic carbocycles. The van der Waals surface area contributed by atoms with Crippen molar-refractivity contribution in [2.75, 3.05) is 11.5 Å². The van der Waals surface area contributed by atoms with Crippen LogP contribution in [0.25, 0.3) is 10.9 Å². The second-order valence-corrected chi connectivity index (χ2v) is 8.57. The second kappa shape index (κ2) is 5.92. The lowest BCUT2D eigenvalue weighted by Gasteiger charge is -2.14. The molecule has 0 bridgehead atoms. The Bertz CT molecular complexity index is 859. The number of nitrogens with zero attached hydrogens (tertiary/aromatic N) is 1. The van der Waals surface area contributed by atoms with Gasteiger partial charge in [0.1, 0.15) is 0 Å². The smallest absolute Gasteiger partial charge is 0.252 e. The van der Waals surface area contributed by atoms with E-state index in [2.05, 4.69) is 10.3 Å². The van der Waals surface area contributed by atoms with Crippen LogP contribution >= 0.6 is 0 Å². The molecule has 1 aromatic heterocycles. The van der Waals surface area contributed by atoms with Crippen LogP contribution in [0, 0.1) is 0 Å². The number of nitrogens with one attached hydrogen (secondary N) is 1. The zero-order valence-electron chi connectivity index (χ0n) is 13.2. The topological polar surface area (TPSA) is 76.1 Å². The first-order valence-corrected chi connectivity index (χ1v) is 9.59. The molecule has 5 nitrogen and oxygen atoms in total. The zero-order valence-corrected chi connectivity index (χ0v) is 14.1. The lowest BCUT2D eigenvalue weighted by molar-refractivity contribution is 0.0942. The number of aromatic nitrogens is 1. The third kappa shape index (κ3) is 3.37. The summed E-state index contributed by atoms with van der Waals surface area (Å²) in [6.07, 6.45) is 0.480. The van der Waals surface area contributed by atoms with E-state index in [1.807, 2.05) is 44.2 Å². The molecule has 0 spiro atoms. The van der Waals surface area contributed by atoms with Crippen LogP contribution in [0.4, 0.5) is 0 Å². The number of fused-ring (bicyclic) bond motifs is 1. The van der Waals surface area contributed by atoms with Gasteiger partial charge in [-0.3, -0.25) is 9.78 Å². The molecule has 1 saturated heterocycles. The van der Waals surface area contributed by atoms with Crippen molar-refractivity contribution in [2.45, 2.75) is 32.2 Å². The van der Waals surface area contributed by atoms with Crippen molar-refractivity contribution >= 4 is 26.6 Å². The highest BCUT2D eigenvalue weighted by Crippen LogP contribution is 2.23. The molecule has 1 N–H and O–H groups in total. The van der Waals surface area contributed by atoms with E-state index in [0.717, 1.165) is 16.6 Å².